The maximum Gasteiger partial charge on any atom is 0.417 e. The zero-order chi connectivity index (χ0) is 97.2. The van der Waals surface area contributed by atoms with Crippen LogP contribution in [0.4, 0.5) is 35.9 Å². The van der Waals surface area contributed by atoms with Gasteiger partial charge in [0.1, 0.15) is 6.17 Å². The molecule has 0 spiro atoms. The van der Waals surface area contributed by atoms with Crippen molar-refractivity contribution in [3.05, 3.63) is 327 Å². The summed E-state index contributed by atoms with van der Waals surface area (Å²) in [6, 6.07) is 78.4. The number of halogens is 3. The number of alkyl halides is 3. The van der Waals surface area contributed by atoms with Crippen LogP contribution in [0.25, 0.3) is 148 Å². The third-order valence-electron chi connectivity index (χ3n) is 22.9. The molecule has 3 aliphatic rings. The lowest BCUT2D eigenvalue weighted by Crippen LogP contribution is -2.17. The minimum Gasteiger partial charge on any atom is -0.490 e. The molecule has 34 heteroatoms. The Morgan fingerprint density at radius 1 is 0.397 bits per heavy atom. The van der Waals surface area contributed by atoms with Crippen LogP contribution in [0.15, 0.2) is 336 Å². The molecular formula is C107H97F3N22O9. The van der Waals surface area contributed by atoms with Gasteiger partial charge in [0.25, 0.3) is 35.3 Å². The van der Waals surface area contributed by atoms with E-state index < -0.39 is 11.7 Å². The highest BCUT2D eigenvalue weighted by Gasteiger charge is 2.35. The molecule has 2 fully saturated rings. The van der Waals surface area contributed by atoms with E-state index >= 15 is 0 Å². The number of aliphatic hydroxyl groups excluding tert-OH is 1. The summed E-state index contributed by atoms with van der Waals surface area (Å²) >= 11 is 0. The Morgan fingerprint density at radius 2 is 0.809 bits per heavy atom. The molecule has 2 saturated heterocycles. The second-order valence-electron chi connectivity index (χ2n) is 32.4. The zero-order valence-corrected chi connectivity index (χ0v) is 77.8. The predicted molar refractivity (Wildman–Crippen MR) is 532 cm³/mol. The molecule has 0 saturated carbocycles. The summed E-state index contributed by atoms with van der Waals surface area (Å²) in [5.74, 6) is 6.95. The molecule has 1 atom stereocenters. The largest absolute Gasteiger partial charge is 0.490 e. The second kappa shape index (κ2) is 46.0. The van der Waals surface area contributed by atoms with Crippen LogP contribution >= 0.6 is 0 Å². The standard InChI is InChI=1S/C24H17F3N4O.C20H22N2O4.2C17H16N4O.C15H14N4O.C14H12N4O/c25-24(26,27)20-14-18(10-11-19(20)15-4-2-1-3-5-15)23-30-22(31-32-23)17-8-6-16(7-9-17)21-28-12-13-29-21;1-4-24-17-10-9-14(11-18(17)25-5-2)20-21-19(22-26-20)16-8-6-7-15(12-23)13(16)3;1-2-12-21(11-1)15-5-3-14(4-6-15)17-19-16(20-22-17)13-7-9-18-10-8-13;1-2-11-21(10-1)15-5-3-4-14(12-15)17-19-16(20-22-17)13-6-8-18-9-7-13;1-19(2)13-5-3-4-12(10-13)15-17-14(18-20-15)11-6-8-16-9-7-11;1-15-12-4-2-3-11(9-12)14-17-13(18-19-14)10-5-7-16-8-6-10/h1-12,14,21,29H,13H2;6-11,23H,4-5,12H2,1-3H3;3-10H,1-2,11-12H2;3-9,12H,1-2,10-11H2;3-10H,1-2H3;2-9,15H,1H3. The minimum atomic E-state index is -4.53. The number of hydrogen-bond donors (Lipinski definition) is 3. The molecule has 141 heavy (non-hydrogen) atoms. The van der Waals surface area contributed by atoms with Crippen LogP contribution in [0.1, 0.15) is 68.0 Å². The van der Waals surface area contributed by atoms with Crippen LogP contribution in [0, 0.1) is 6.92 Å². The number of anilines is 4. The van der Waals surface area contributed by atoms with Gasteiger partial charge in [-0.1, -0.05) is 128 Å². The molecule has 19 aromatic rings. The molecular weight excluding hydrogens is 1790 g/mol. The van der Waals surface area contributed by atoms with Gasteiger partial charge in [0.2, 0.25) is 34.9 Å². The molecule has 3 N–H and O–H groups in total. The number of nitrogens with one attached hydrogen (secondary N) is 2. The Labute approximate surface area is 809 Å². The number of aliphatic imine (C=N–C) groups is 1. The zero-order valence-electron chi connectivity index (χ0n) is 77.8. The topological polar surface area (TPSA) is 370 Å². The fourth-order valence-electron chi connectivity index (χ4n) is 15.5. The van der Waals surface area contributed by atoms with E-state index in [1.54, 1.807) is 86.0 Å². The van der Waals surface area contributed by atoms with Crippen molar-refractivity contribution in [2.45, 2.75) is 65.4 Å². The molecule has 9 aromatic carbocycles. The van der Waals surface area contributed by atoms with Crippen molar-refractivity contribution in [1.82, 2.24) is 86.1 Å². The van der Waals surface area contributed by atoms with Crippen molar-refractivity contribution in [2.75, 3.05) is 87.1 Å². The van der Waals surface area contributed by atoms with E-state index in [9.17, 15) is 18.3 Å². The Morgan fingerprint density at radius 3 is 1.29 bits per heavy atom. The smallest absolute Gasteiger partial charge is 0.417 e. The van der Waals surface area contributed by atoms with Crippen LogP contribution in [0.2, 0.25) is 0 Å². The van der Waals surface area contributed by atoms with Crippen LogP contribution < -0.4 is 34.8 Å². The van der Waals surface area contributed by atoms with Crippen molar-refractivity contribution >= 4 is 29.0 Å². The van der Waals surface area contributed by atoms with Crippen LogP contribution in [-0.2, 0) is 12.8 Å². The number of ether oxygens (including phenoxy) is 2. The average Bonchev–Trinajstić information content (AvgIpc) is 1.30. The number of benzene rings is 9. The van der Waals surface area contributed by atoms with Gasteiger partial charge in [0, 0.05) is 199 Å². The van der Waals surface area contributed by atoms with E-state index in [-0.39, 0.29) is 29.8 Å². The molecule has 22 rings (SSSR count). The minimum absolute atomic E-state index is 0.0243. The number of nitrogens with zero attached hydrogens (tertiary/aromatic N) is 20. The number of aromatic nitrogens is 16. The van der Waals surface area contributed by atoms with Gasteiger partial charge in [0.05, 0.1) is 25.4 Å². The third-order valence-corrected chi connectivity index (χ3v) is 22.9. The first-order valence-corrected chi connectivity index (χ1v) is 45.7. The fraction of sp³-hybridized carbons (Fsp3) is 0.187. The lowest BCUT2D eigenvalue weighted by molar-refractivity contribution is -0.137. The first kappa shape index (κ1) is 95.3. The summed E-state index contributed by atoms with van der Waals surface area (Å²) in [7, 11) is 5.86. The Kier molecular flexibility index (Phi) is 31.1. The molecule has 3 aliphatic heterocycles. The van der Waals surface area contributed by atoms with Crippen LogP contribution in [0.5, 0.6) is 11.5 Å². The van der Waals surface area contributed by atoms with Gasteiger partial charge in [0.15, 0.2) is 11.5 Å². The number of hydrogen-bond acceptors (Lipinski definition) is 31. The van der Waals surface area contributed by atoms with Crippen molar-refractivity contribution in [3.63, 3.8) is 0 Å². The molecule has 10 aromatic heterocycles. The van der Waals surface area contributed by atoms with E-state index in [0.29, 0.717) is 100 Å². The van der Waals surface area contributed by atoms with E-state index in [1.807, 2.05) is 235 Å². The van der Waals surface area contributed by atoms with E-state index in [4.69, 9.17) is 36.6 Å². The number of aliphatic hydroxyl groups is 1. The van der Waals surface area contributed by atoms with Gasteiger partial charge in [-0.25, -0.2) is 0 Å². The Bertz CT molecular complexity index is 7260. The quantitative estimate of drug-likeness (QED) is 0.0535. The molecule has 13 heterocycles. The summed E-state index contributed by atoms with van der Waals surface area (Å²) in [6.45, 7) is 12.1. The highest BCUT2D eigenvalue weighted by molar-refractivity contribution is 5.75. The van der Waals surface area contributed by atoms with Crippen molar-refractivity contribution in [2.24, 2.45) is 4.99 Å². The van der Waals surface area contributed by atoms with Crippen LogP contribution in [-0.4, -0.2) is 159 Å². The molecule has 710 valence electrons. The number of rotatable bonds is 23. The van der Waals surface area contributed by atoms with Gasteiger partial charge < -0.3 is 61.7 Å². The normalized spacial score (nSPS) is 13.0. The Hall–Kier alpha value is -17.4. The van der Waals surface area contributed by atoms with Gasteiger partial charge >= 0.3 is 6.18 Å². The summed E-state index contributed by atoms with van der Waals surface area (Å²) in [5, 5.41) is 39.9. The lowest BCUT2D eigenvalue weighted by atomic mass is 9.97. The second-order valence-corrected chi connectivity index (χ2v) is 32.4. The molecule has 0 aliphatic carbocycles. The maximum absolute atomic E-state index is 13.8. The molecule has 0 bridgehead atoms. The molecule has 31 nitrogen and oxygen atoms in total. The van der Waals surface area contributed by atoms with E-state index in [0.717, 1.165) is 122 Å². The lowest BCUT2D eigenvalue weighted by Gasteiger charge is -2.17. The number of pyridine rings is 4. The molecule has 1 unspecified atom stereocenters. The van der Waals surface area contributed by atoms with Gasteiger partial charge in [-0.15, -0.1) is 0 Å². The van der Waals surface area contributed by atoms with Crippen LogP contribution in [0.3, 0.4) is 0 Å². The SMILES string of the molecule is CCOc1ccc(-c2nc(-c3cccc(CO)c3C)no2)cc1OCC.CN(C)c1cccc(-c2nc(-c3ccncc3)no2)c1.CNc1cccc(-c2nc(-c3ccncc3)no2)c1.FC(F)(F)c1cc(-c2nc(-c3ccc(C4N=CCN4)cc3)no2)ccc1-c1ccccc1.c1cc(-c2nc(-c3ccncc3)no2)cc(N2CCCC2)c1.c1cc(-c2noc(-c3ccc(N4CCCC4)cc3)n2)ccn1. The summed E-state index contributed by atoms with van der Waals surface area (Å²) in [6.07, 6.45) is 16.0. The summed E-state index contributed by atoms with van der Waals surface area (Å²) in [4.78, 5) is 53.7. The highest BCUT2D eigenvalue weighted by atomic mass is 19.4. The van der Waals surface area contributed by atoms with E-state index in [1.165, 1.54) is 43.1 Å². The predicted octanol–water partition coefficient (Wildman–Crippen LogP) is 22.3. The molecule has 0 amide bonds. The van der Waals surface area contributed by atoms with Gasteiger partial charge in [-0.05, 0) is 232 Å². The van der Waals surface area contributed by atoms with Crippen molar-refractivity contribution in [3.8, 4) is 160 Å². The van der Waals surface area contributed by atoms with Crippen molar-refractivity contribution in [1.29, 1.82) is 0 Å². The van der Waals surface area contributed by atoms with Gasteiger partial charge in [-0.3, -0.25) is 30.2 Å². The first-order valence-electron chi connectivity index (χ1n) is 45.7. The first-order chi connectivity index (χ1) is 69.1. The Balaban J connectivity index is 0.000000118. The maximum atomic E-state index is 13.8. The fourth-order valence-corrected chi connectivity index (χ4v) is 15.5. The van der Waals surface area contributed by atoms with Gasteiger partial charge in [-0.2, -0.15) is 43.1 Å². The highest BCUT2D eigenvalue weighted by Crippen LogP contribution is 2.42. The molecule has 0 radical (unpaired) electrons. The van der Waals surface area contributed by atoms with Crippen molar-refractivity contribution < 1.29 is 54.9 Å². The summed E-state index contributed by atoms with van der Waals surface area (Å²) < 4.78 is 84.7. The third kappa shape index (κ3) is 24.2. The monoisotopic (exact) mass is 1890 g/mol. The van der Waals surface area contributed by atoms with E-state index in [2.05, 4.69) is 130 Å². The average molecular weight is 1890 g/mol. The summed E-state index contributed by atoms with van der Waals surface area (Å²) in [5.41, 5.74) is 16.9.